The number of carbonyl (C=O) groups excluding carboxylic acids is 3. The van der Waals surface area contributed by atoms with E-state index in [1.165, 1.54) is 12.0 Å². The fourth-order valence-electron chi connectivity index (χ4n) is 4.07. The van der Waals surface area contributed by atoms with Crippen LogP contribution in [-0.2, 0) is 18.4 Å². The Kier molecular flexibility index (Phi) is 4.37. The van der Waals surface area contributed by atoms with Gasteiger partial charge in [0.1, 0.15) is 11.4 Å². The first-order valence-corrected chi connectivity index (χ1v) is 9.95. The molecule has 0 spiro atoms. The number of nitrogens with one attached hydrogen (secondary N) is 2. The molecule has 5 rings (SSSR count). The number of hydrogen-bond acceptors (Lipinski definition) is 5. The van der Waals surface area contributed by atoms with Crippen molar-refractivity contribution in [1.29, 1.82) is 0 Å². The number of methoxy groups -OCH3 is 1. The average molecular weight is 429 g/mol. The van der Waals surface area contributed by atoms with Crippen LogP contribution in [0.25, 0.3) is 10.9 Å². The monoisotopic (exact) mass is 429 g/mol. The van der Waals surface area contributed by atoms with Gasteiger partial charge in [-0.25, -0.2) is 4.79 Å². The number of urea groups is 1. The summed E-state index contributed by atoms with van der Waals surface area (Å²) < 4.78 is 6.84. The van der Waals surface area contributed by atoms with E-state index in [0.717, 1.165) is 16.5 Å². The van der Waals surface area contributed by atoms with E-state index in [2.05, 4.69) is 27.6 Å². The number of hydrogen-bond donors (Lipinski definition) is 2. The Bertz CT molecular complexity index is 1370. The summed E-state index contributed by atoms with van der Waals surface area (Å²) in [5.74, 6) is 5.68. The topological polar surface area (TPSA) is 106 Å². The molecule has 3 heterocycles. The van der Waals surface area contributed by atoms with E-state index in [0.29, 0.717) is 23.6 Å². The van der Waals surface area contributed by atoms with Gasteiger partial charge in [0.05, 0.1) is 19.2 Å². The Balaban J connectivity index is 1.52. The van der Waals surface area contributed by atoms with Crippen molar-refractivity contribution in [3.05, 3.63) is 59.3 Å². The number of amides is 4. The number of nitrogens with zero attached hydrogens (tertiary/aromatic N) is 3. The van der Waals surface area contributed by atoms with Gasteiger partial charge in [0, 0.05) is 24.5 Å². The summed E-state index contributed by atoms with van der Waals surface area (Å²) in [6.07, 6.45) is 0. The van der Waals surface area contributed by atoms with Crippen LogP contribution in [0, 0.1) is 11.8 Å². The fourth-order valence-corrected chi connectivity index (χ4v) is 4.07. The van der Waals surface area contributed by atoms with Crippen molar-refractivity contribution in [2.24, 2.45) is 7.05 Å². The van der Waals surface area contributed by atoms with Gasteiger partial charge in [-0.2, -0.15) is 5.10 Å². The highest BCUT2D eigenvalue weighted by Crippen LogP contribution is 2.28. The number of rotatable bonds is 3. The molecule has 4 amide bonds. The van der Waals surface area contributed by atoms with E-state index in [-0.39, 0.29) is 12.5 Å². The second-order valence-corrected chi connectivity index (χ2v) is 7.74. The predicted molar refractivity (Wildman–Crippen MR) is 115 cm³/mol. The van der Waals surface area contributed by atoms with Crippen molar-refractivity contribution >= 4 is 28.7 Å². The largest absolute Gasteiger partial charge is 0.497 e. The van der Waals surface area contributed by atoms with E-state index in [1.54, 1.807) is 23.9 Å². The molecule has 0 unspecified atom stereocenters. The number of fused-ring (bicyclic) bond motifs is 2. The lowest BCUT2D eigenvalue weighted by Crippen LogP contribution is -2.54. The van der Waals surface area contributed by atoms with Gasteiger partial charge in [0.25, 0.3) is 11.8 Å². The average Bonchev–Trinajstić information content (AvgIpc) is 3.37. The molecular formula is C23H19N5O4. The van der Waals surface area contributed by atoms with Gasteiger partial charge in [-0.3, -0.25) is 19.6 Å². The molecular weight excluding hydrogens is 410 g/mol. The first-order valence-electron chi connectivity index (χ1n) is 9.95. The summed E-state index contributed by atoms with van der Waals surface area (Å²) >= 11 is 0. The van der Waals surface area contributed by atoms with Gasteiger partial charge in [-0.15, -0.1) is 0 Å². The molecule has 1 atom stereocenters. The smallest absolute Gasteiger partial charge is 0.323 e. The third-order valence-electron chi connectivity index (χ3n) is 5.70. The minimum absolute atomic E-state index is 0.0941. The molecule has 0 aliphatic carbocycles. The Morgan fingerprint density at radius 3 is 2.75 bits per heavy atom. The Morgan fingerprint density at radius 2 is 2.00 bits per heavy atom. The maximum absolute atomic E-state index is 13.0. The molecule has 0 radical (unpaired) electrons. The molecule has 9 nitrogen and oxygen atoms in total. The summed E-state index contributed by atoms with van der Waals surface area (Å²) in [6.45, 7) is 0.211. The lowest BCUT2D eigenvalue weighted by Gasteiger charge is -2.26. The number of aryl methyl sites for hydroxylation is 1. The van der Waals surface area contributed by atoms with Gasteiger partial charge < -0.3 is 15.0 Å². The van der Waals surface area contributed by atoms with E-state index in [1.807, 2.05) is 30.3 Å². The molecule has 1 saturated heterocycles. The maximum atomic E-state index is 13.0. The summed E-state index contributed by atoms with van der Waals surface area (Å²) in [6, 6.07) is 12.1. The summed E-state index contributed by atoms with van der Waals surface area (Å²) in [7, 11) is 3.29. The Morgan fingerprint density at radius 1 is 1.19 bits per heavy atom. The summed E-state index contributed by atoms with van der Waals surface area (Å²) in [4.78, 5) is 39.3. The first-order chi connectivity index (χ1) is 15.4. The van der Waals surface area contributed by atoms with Crippen LogP contribution < -0.4 is 15.4 Å². The predicted octanol–water partition coefficient (Wildman–Crippen LogP) is 1.17. The molecule has 3 aromatic rings. The zero-order chi connectivity index (χ0) is 22.5. The molecule has 160 valence electrons. The number of carbonyl (C=O) groups is 3. The van der Waals surface area contributed by atoms with E-state index < -0.39 is 17.5 Å². The summed E-state index contributed by atoms with van der Waals surface area (Å²) in [5.41, 5.74) is 1.13. The Hall–Kier alpha value is -4.32. The van der Waals surface area contributed by atoms with Gasteiger partial charge in [-0.1, -0.05) is 24.1 Å². The van der Waals surface area contributed by atoms with E-state index in [9.17, 15) is 14.4 Å². The number of ether oxygens (including phenoxy) is 1. The van der Waals surface area contributed by atoms with E-state index >= 15 is 0 Å². The van der Waals surface area contributed by atoms with Crippen LogP contribution in [0.5, 0.6) is 5.75 Å². The van der Waals surface area contributed by atoms with Crippen molar-refractivity contribution in [2.75, 3.05) is 13.7 Å². The molecule has 0 saturated carbocycles. The van der Waals surface area contributed by atoms with Gasteiger partial charge in [-0.05, 0) is 35.7 Å². The lowest BCUT2D eigenvalue weighted by atomic mass is 9.99. The van der Waals surface area contributed by atoms with Crippen LogP contribution in [0.2, 0.25) is 0 Å². The van der Waals surface area contributed by atoms with Crippen molar-refractivity contribution in [3.63, 3.8) is 0 Å². The molecule has 2 N–H and O–H groups in total. The molecule has 2 aliphatic rings. The molecule has 32 heavy (non-hydrogen) atoms. The minimum atomic E-state index is -1.58. The standard InChI is InChI=1S/C23H19N5O4/c1-27-19(16-5-3-4-6-18(16)26-27)9-10-23(21(30)24-22(31)25-23)13-28-12-14-7-8-15(32-2)11-17(14)20(28)29/h3-8,11H,12-13H2,1-2H3,(H2,24,25,30,31)/t23-/m1/s1. The lowest BCUT2D eigenvalue weighted by molar-refractivity contribution is -0.122. The SMILES string of the molecule is COc1ccc2c(c1)C(=O)N(C[C@@]1(C#Cc3c4ccccc4nn3C)NC(=O)NC1=O)C2. The highest BCUT2D eigenvalue weighted by molar-refractivity contribution is 6.10. The molecule has 0 bridgehead atoms. The second kappa shape index (κ2) is 7.13. The van der Waals surface area contributed by atoms with Crippen LogP contribution in [0.1, 0.15) is 21.6 Å². The zero-order valence-electron chi connectivity index (χ0n) is 17.4. The van der Waals surface area contributed by atoms with Gasteiger partial charge in [0.15, 0.2) is 0 Å². The molecule has 1 fully saturated rings. The van der Waals surface area contributed by atoms with Crippen LogP contribution in [-0.4, -0.2) is 51.7 Å². The zero-order valence-corrected chi connectivity index (χ0v) is 17.4. The minimum Gasteiger partial charge on any atom is -0.497 e. The van der Waals surface area contributed by atoms with Crippen LogP contribution >= 0.6 is 0 Å². The van der Waals surface area contributed by atoms with Gasteiger partial charge >= 0.3 is 6.03 Å². The highest BCUT2D eigenvalue weighted by atomic mass is 16.5. The Labute approximate surface area is 183 Å². The van der Waals surface area contributed by atoms with Crippen LogP contribution in [0.4, 0.5) is 4.79 Å². The number of benzene rings is 2. The van der Waals surface area contributed by atoms with E-state index in [4.69, 9.17) is 4.74 Å². The number of aromatic nitrogens is 2. The third-order valence-corrected chi connectivity index (χ3v) is 5.70. The van der Waals surface area contributed by atoms with Crippen molar-refractivity contribution < 1.29 is 19.1 Å². The van der Waals surface area contributed by atoms with Crippen molar-refractivity contribution in [3.8, 4) is 17.6 Å². The van der Waals surface area contributed by atoms with Crippen molar-refractivity contribution in [2.45, 2.75) is 12.1 Å². The fraction of sp³-hybridized carbons (Fsp3) is 0.217. The highest BCUT2D eigenvalue weighted by Gasteiger charge is 2.48. The quantitative estimate of drug-likeness (QED) is 0.480. The molecule has 2 aromatic carbocycles. The maximum Gasteiger partial charge on any atom is 0.323 e. The third kappa shape index (κ3) is 3.04. The second-order valence-electron chi connectivity index (χ2n) is 7.74. The molecule has 1 aromatic heterocycles. The first kappa shape index (κ1) is 19.6. The van der Waals surface area contributed by atoms with Gasteiger partial charge in [0.2, 0.25) is 5.54 Å². The molecule has 9 heteroatoms. The normalized spacial score (nSPS) is 19.4. The van der Waals surface area contributed by atoms with Crippen LogP contribution in [0.3, 0.4) is 0 Å². The van der Waals surface area contributed by atoms with Crippen LogP contribution in [0.15, 0.2) is 42.5 Å². The van der Waals surface area contributed by atoms with Crippen molar-refractivity contribution in [1.82, 2.24) is 25.3 Å². The number of imide groups is 1. The molecule has 2 aliphatic heterocycles. The summed E-state index contributed by atoms with van der Waals surface area (Å²) in [5, 5.41) is 10.1.